The highest BCUT2D eigenvalue weighted by Crippen LogP contribution is 2.19. The van der Waals surface area contributed by atoms with Gasteiger partial charge in [-0.25, -0.2) is 0 Å². The summed E-state index contributed by atoms with van der Waals surface area (Å²) < 4.78 is 0. The molecule has 0 spiro atoms. The molecular weight excluding hydrogens is 414 g/mol. The van der Waals surface area contributed by atoms with Crippen LogP contribution in [0.15, 0.2) is 24.3 Å². The van der Waals surface area contributed by atoms with Crippen molar-refractivity contribution < 1.29 is 24.3 Å². The highest BCUT2D eigenvalue weighted by atomic mass is 16.3. The SMILES string of the molecule is CC(C)C[C@H](NC(=O)[C@@H]1CCCN1C(=O)CNC(=O)CN)C(=O)Nc1ccc(CO)cc1. The lowest BCUT2D eigenvalue weighted by atomic mass is 10.0. The van der Waals surface area contributed by atoms with Gasteiger partial charge in [-0.3, -0.25) is 19.2 Å². The van der Waals surface area contributed by atoms with Crippen LogP contribution < -0.4 is 21.7 Å². The van der Waals surface area contributed by atoms with E-state index in [1.54, 1.807) is 24.3 Å². The second-order valence-electron chi connectivity index (χ2n) is 8.26. The molecule has 2 atom stereocenters. The molecule has 1 aliphatic heterocycles. The quantitative estimate of drug-likeness (QED) is 0.332. The number of likely N-dealkylation sites (tertiary alicyclic amines) is 1. The summed E-state index contributed by atoms with van der Waals surface area (Å²) in [6.45, 7) is 3.79. The molecule has 6 N–H and O–H groups in total. The molecule has 1 aromatic rings. The number of carbonyl (C=O) groups is 4. The van der Waals surface area contributed by atoms with Crippen LogP contribution in [0.3, 0.4) is 0 Å². The Kier molecular flexibility index (Phi) is 9.61. The Morgan fingerprint density at radius 2 is 1.88 bits per heavy atom. The van der Waals surface area contributed by atoms with Crippen LogP contribution >= 0.6 is 0 Å². The minimum Gasteiger partial charge on any atom is -0.392 e. The number of carbonyl (C=O) groups excluding carboxylic acids is 4. The van der Waals surface area contributed by atoms with E-state index in [4.69, 9.17) is 10.8 Å². The molecule has 1 aromatic carbocycles. The normalized spacial score (nSPS) is 16.5. The smallest absolute Gasteiger partial charge is 0.246 e. The minimum atomic E-state index is -0.769. The van der Waals surface area contributed by atoms with Crippen LogP contribution in [0.1, 0.15) is 38.7 Å². The van der Waals surface area contributed by atoms with Gasteiger partial charge in [-0.2, -0.15) is 0 Å². The monoisotopic (exact) mass is 447 g/mol. The minimum absolute atomic E-state index is 0.0905. The van der Waals surface area contributed by atoms with Crippen molar-refractivity contribution in [3.05, 3.63) is 29.8 Å². The summed E-state index contributed by atoms with van der Waals surface area (Å²) in [6.07, 6.45) is 1.58. The van der Waals surface area contributed by atoms with Crippen molar-refractivity contribution in [2.45, 2.75) is 51.8 Å². The van der Waals surface area contributed by atoms with Crippen molar-refractivity contribution in [2.24, 2.45) is 11.7 Å². The van der Waals surface area contributed by atoms with Gasteiger partial charge in [0.15, 0.2) is 0 Å². The van der Waals surface area contributed by atoms with Crippen LogP contribution in [0.25, 0.3) is 0 Å². The van der Waals surface area contributed by atoms with Crippen LogP contribution in [0.4, 0.5) is 5.69 Å². The molecule has 10 nitrogen and oxygen atoms in total. The van der Waals surface area contributed by atoms with Crippen molar-refractivity contribution in [3.63, 3.8) is 0 Å². The fraction of sp³-hybridized carbons (Fsp3) is 0.545. The molecule has 0 radical (unpaired) electrons. The number of aliphatic hydroxyl groups excluding tert-OH is 1. The zero-order valence-corrected chi connectivity index (χ0v) is 18.6. The lowest BCUT2D eigenvalue weighted by molar-refractivity contribution is -0.139. The van der Waals surface area contributed by atoms with Crippen LogP contribution in [-0.4, -0.2) is 65.4 Å². The van der Waals surface area contributed by atoms with Crippen molar-refractivity contribution in [1.29, 1.82) is 0 Å². The Bertz CT molecular complexity index is 811. The van der Waals surface area contributed by atoms with Gasteiger partial charge in [0.2, 0.25) is 23.6 Å². The van der Waals surface area contributed by atoms with Gasteiger partial charge in [-0.05, 0) is 42.9 Å². The molecule has 1 aliphatic rings. The van der Waals surface area contributed by atoms with Crippen LogP contribution in [0.5, 0.6) is 0 Å². The average Bonchev–Trinajstić information content (AvgIpc) is 3.27. The predicted octanol–water partition coefficient (Wildman–Crippen LogP) is -0.286. The Labute approximate surface area is 187 Å². The molecular formula is C22H33N5O5. The van der Waals surface area contributed by atoms with Gasteiger partial charge >= 0.3 is 0 Å². The molecule has 176 valence electrons. The molecule has 0 unspecified atom stereocenters. The lowest BCUT2D eigenvalue weighted by Crippen LogP contribution is -2.53. The Balaban J connectivity index is 2.03. The summed E-state index contributed by atoms with van der Waals surface area (Å²) in [5, 5.41) is 17.2. The molecule has 0 bridgehead atoms. The van der Waals surface area contributed by atoms with Crippen molar-refractivity contribution in [3.8, 4) is 0 Å². The summed E-state index contributed by atoms with van der Waals surface area (Å²) in [5.74, 6) is -1.40. The molecule has 1 fully saturated rings. The maximum atomic E-state index is 13.0. The second kappa shape index (κ2) is 12.2. The fourth-order valence-electron chi connectivity index (χ4n) is 3.58. The third-order valence-corrected chi connectivity index (χ3v) is 5.24. The summed E-state index contributed by atoms with van der Waals surface area (Å²) in [7, 11) is 0. The Morgan fingerprint density at radius 1 is 1.19 bits per heavy atom. The molecule has 1 heterocycles. The number of aliphatic hydroxyl groups is 1. The summed E-state index contributed by atoms with van der Waals surface area (Å²) >= 11 is 0. The van der Waals surface area contributed by atoms with Gasteiger partial charge in [-0.15, -0.1) is 0 Å². The molecule has 0 aliphatic carbocycles. The average molecular weight is 448 g/mol. The first-order valence-electron chi connectivity index (χ1n) is 10.8. The standard InChI is InChI=1S/C22H33N5O5/c1-14(2)10-17(21(31)25-16-7-5-15(13-28)6-8-16)26-22(32)18-4-3-9-27(18)20(30)12-24-19(29)11-23/h5-8,14,17-18,28H,3-4,9-13,23H2,1-2H3,(H,24,29)(H,25,31)(H,26,32)/t17-,18-/m0/s1. The van der Waals surface area contributed by atoms with Crippen molar-refractivity contribution in [2.75, 3.05) is 25.0 Å². The van der Waals surface area contributed by atoms with E-state index >= 15 is 0 Å². The second-order valence-corrected chi connectivity index (χ2v) is 8.26. The summed E-state index contributed by atoms with van der Waals surface area (Å²) in [5.41, 5.74) is 6.51. The van der Waals surface area contributed by atoms with E-state index in [1.165, 1.54) is 4.90 Å². The van der Waals surface area contributed by atoms with E-state index in [2.05, 4.69) is 16.0 Å². The highest BCUT2D eigenvalue weighted by Gasteiger charge is 2.35. The molecule has 0 aromatic heterocycles. The predicted molar refractivity (Wildman–Crippen MR) is 119 cm³/mol. The molecule has 1 saturated heterocycles. The molecule has 10 heteroatoms. The van der Waals surface area contributed by atoms with E-state index in [0.29, 0.717) is 31.5 Å². The molecule has 4 amide bonds. The van der Waals surface area contributed by atoms with Gasteiger partial charge in [0.05, 0.1) is 19.7 Å². The number of hydrogen-bond donors (Lipinski definition) is 5. The molecule has 32 heavy (non-hydrogen) atoms. The van der Waals surface area contributed by atoms with Crippen LogP contribution in [-0.2, 0) is 25.8 Å². The van der Waals surface area contributed by atoms with E-state index < -0.39 is 23.9 Å². The van der Waals surface area contributed by atoms with E-state index in [-0.39, 0.29) is 37.4 Å². The lowest BCUT2D eigenvalue weighted by Gasteiger charge is -2.27. The third-order valence-electron chi connectivity index (χ3n) is 5.24. The number of hydrogen-bond acceptors (Lipinski definition) is 6. The summed E-state index contributed by atoms with van der Waals surface area (Å²) in [6, 6.07) is 5.32. The zero-order chi connectivity index (χ0) is 23.7. The van der Waals surface area contributed by atoms with Crippen LogP contribution in [0, 0.1) is 5.92 Å². The highest BCUT2D eigenvalue weighted by molar-refractivity contribution is 5.98. The first-order valence-corrected chi connectivity index (χ1v) is 10.8. The third kappa shape index (κ3) is 7.31. The van der Waals surface area contributed by atoms with E-state index in [9.17, 15) is 19.2 Å². The molecule has 0 saturated carbocycles. The number of amides is 4. The van der Waals surface area contributed by atoms with Crippen LogP contribution in [0.2, 0.25) is 0 Å². The fourth-order valence-corrected chi connectivity index (χ4v) is 3.58. The van der Waals surface area contributed by atoms with E-state index in [1.807, 2.05) is 13.8 Å². The van der Waals surface area contributed by atoms with Gasteiger partial charge in [0.25, 0.3) is 0 Å². The summed E-state index contributed by atoms with van der Waals surface area (Å²) in [4.78, 5) is 51.0. The van der Waals surface area contributed by atoms with Gasteiger partial charge in [-0.1, -0.05) is 26.0 Å². The van der Waals surface area contributed by atoms with Gasteiger partial charge < -0.3 is 31.7 Å². The molecule has 2 rings (SSSR count). The maximum Gasteiger partial charge on any atom is 0.246 e. The largest absolute Gasteiger partial charge is 0.392 e. The number of nitrogens with two attached hydrogens (primary N) is 1. The number of rotatable bonds is 10. The number of anilines is 1. The number of nitrogens with zero attached hydrogens (tertiary/aromatic N) is 1. The Morgan fingerprint density at radius 3 is 2.47 bits per heavy atom. The van der Waals surface area contributed by atoms with Gasteiger partial charge in [0, 0.05) is 12.2 Å². The van der Waals surface area contributed by atoms with Crippen molar-refractivity contribution in [1.82, 2.24) is 15.5 Å². The van der Waals surface area contributed by atoms with Crippen molar-refractivity contribution >= 4 is 29.3 Å². The topological polar surface area (TPSA) is 154 Å². The first kappa shape index (κ1) is 25.3. The van der Waals surface area contributed by atoms with Gasteiger partial charge in [0.1, 0.15) is 12.1 Å². The van der Waals surface area contributed by atoms with E-state index in [0.717, 1.165) is 5.56 Å². The zero-order valence-electron chi connectivity index (χ0n) is 18.6. The maximum absolute atomic E-state index is 13.0. The number of nitrogens with one attached hydrogen (secondary N) is 3. The number of benzene rings is 1. The Hall–Kier alpha value is -2.98. The first-order chi connectivity index (χ1) is 15.2.